The fourth-order valence-electron chi connectivity index (χ4n) is 1.42. The minimum absolute atomic E-state index is 0.0387. The SMILES string of the molecule is CC(C)CNCc1cc(F)cnc1OC(C)C. The van der Waals surface area contributed by atoms with Gasteiger partial charge in [-0.15, -0.1) is 0 Å². The molecule has 4 heteroatoms. The van der Waals surface area contributed by atoms with Gasteiger partial charge in [0.05, 0.1) is 12.3 Å². The van der Waals surface area contributed by atoms with Crippen LogP contribution < -0.4 is 10.1 Å². The van der Waals surface area contributed by atoms with Crippen molar-refractivity contribution in [3.63, 3.8) is 0 Å². The van der Waals surface area contributed by atoms with E-state index in [4.69, 9.17) is 4.74 Å². The van der Waals surface area contributed by atoms with E-state index in [1.54, 1.807) is 0 Å². The number of nitrogens with zero attached hydrogens (tertiary/aromatic N) is 1. The van der Waals surface area contributed by atoms with Gasteiger partial charge in [0.1, 0.15) is 5.82 Å². The Labute approximate surface area is 102 Å². The third-order valence-electron chi connectivity index (χ3n) is 2.11. The second-order valence-corrected chi connectivity index (χ2v) is 4.81. The summed E-state index contributed by atoms with van der Waals surface area (Å²) in [5, 5.41) is 3.26. The Bertz CT molecular complexity index is 353. The zero-order valence-electron chi connectivity index (χ0n) is 11.0. The van der Waals surface area contributed by atoms with Crippen LogP contribution in [0.2, 0.25) is 0 Å². The van der Waals surface area contributed by atoms with Crippen LogP contribution in [0.3, 0.4) is 0 Å². The quantitative estimate of drug-likeness (QED) is 0.830. The molecule has 17 heavy (non-hydrogen) atoms. The number of halogens is 1. The summed E-state index contributed by atoms with van der Waals surface area (Å²) < 4.78 is 18.7. The Morgan fingerprint density at radius 2 is 2.06 bits per heavy atom. The highest BCUT2D eigenvalue weighted by atomic mass is 19.1. The Kier molecular flexibility index (Phi) is 5.35. The van der Waals surface area contributed by atoms with Gasteiger partial charge in [0.25, 0.3) is 0 Å². The first-order chi connectivity index (χ1) is 7.99. The standard InChI is InChI=1S/C13H21FN2O/c1-9(2)6-15-7-11-5-12(14)8-16-13(11)17-10(3)4/h5,8-10,15H,6-7H2,1-4H3. The van der Waals surface area contributed by atoms with E-state index >= 15 is 0 Å². The Hall–Kier alpha value is -1.16. The summed E-state index contributed by atoms with van der Waals surface area (Å²) in [5.74, 6) is 0.742. The lowest BCUT2D eigenvalue weighted by Crippen LogP contribution is -2.20. The fourth-order valence-corrected chi connectivity index (χ4v) is 1.42. The molecule has 0 spiro atoms. The van der Waals surface area contributed by atoms with E-state index in [0.29, 0.717) is 18.3 Å². The van der Waals surface area contributed by atoms with E-state index in [-0.39, 0.29) is 11.9 Å². The van der Waals surface area contributed by atoms with Gasteiger partial charge in [0.15, 0.2) is 0 Å². The summed E-state index contributed by atoms with van der Waals surface area (Å²) in [6.45, 7) is 9.57. The number of nitrogens with one attached hydrogen (secondary N) is 1. The van der Waals surface area contributed by atoms with E-state index in [1.807, 2.05) is 13.8 Å². The lowest BCUT2D eigenvalue weighted by Gasteiger charge is -2.14. The van der Waals surface area contributed by atoms with E-state index in [0.717, 1.165) is 12.1 Å². The molecule has 0 saturated carbocycles. The van der Waals surface area contributed by atoms with Gasteiger partial charge >= 0.3 is 0 Å². The van der Waals surface area contributed by atoms with Crippen molar-refractivity contribution in [1.29, 1.82) is 0 Å². The minimum Gasteiger partial charge on any atom is -0.475 e. The Balaban J connectivity index is 2.69. The van der Waals surface area contributed by atoms with Gasteiger partial charge in [0, 0.05) is 12.1 Å². The van der Waals surface area contributed by atoms with E-state index in [2.05, 4.69) is 24.1 Å². The van der Waals surface area contributed by atoms with Gasteiger partial charge in [0.2, 0.25) is 5.88 Å². The van der Waals surface area contributed by atoms with Crippen LogP contribution in [-0.2, 0) is 6.54 Å². The van der Waals surface area contributed by atoms with Crippen molar-refractivity contribution in [3.05, 3.63) is 23.6 Å². The van der Waals surface area contributed by atoms with Crippen molar-refractivity contribution in [2.24, 2.45) is 5.92 Å². The maximum Gasteiger partial charge on any atom is 0.218 e. The van der Waals surface area contributed by atoms with E-state index in [9.17, 15) is 4.39 Å². The molecule has 1 aromatic heterocycles. The predicted octanol–water partition coefficient (Wildman–Crippen LogP) is 2.75. The Morgan fingerprint density at radius 1 is 1.35 bits per heavy atom. The third-order valence-corrected chi connectivity index (χ3v) is 2.11. The van der Waals surface area contributed by atoms with Crippen LogP contribution in [0, 0.1) is 11.7 Å². The van der Waals surface area contributed by atoms with Crippen LogP contribution in [0.25, 0.3) is 0 Å². The lowest BCUT2D eigenvalue weighted by atomic mass is 10.2. The highest BCUT2D eigenvalue weighted by Gasteiger charge is 2.08. The van der Waals surface area contributed by atoms with Crippen LogP contribution in [0.1, 0.15) is 33.3 Å². The van der Waals surface area contributed by atoms with Crippen molar-refractivity contribution in [1.82, 2.24) is 10.3 Å². The van der Waals surface area contributed by atoms with Gasteiger partial charge in [-0.1, -0.05) is 13.8 Å². The molecule has 3 nitrogen and oxygen atoms in total. The van der Waals surface area contributed by atoms with Crippen LogP contribution in [0.15, 0.2) is 12.3 Å². The molecular weight excluding hydrogens is 219 g/mol. The first kappa shape index (κ1) is 13.9. The largest absolute Gasteiger partial charge is 0.475 e. The molecule has 1 heterocycles. The molecule has 1 aromatic rings. The highest BCUT2D eigenvalue weighted by molar-refractivity contribution is 5.26. The van der Waals surface area contributed by atoms with Crippen LogP contribution >= 0.6 is 0 Å². The number of pyridine rings is 1. The molecule has 0 aliphatic carbocycles. The number of hydrogen-bond donors (Lipinski definition) is 1. The zero-order chi connectivity index (χ0) is 12.8. The number of ether oxygens (including phenoxy) is 1. The summed E-state index contributed by atoms with van der Waals surface area (Å²) in [7, 11) is 0. The van der Waals surface area contributed by atoms with Gasteiger partial charge in [-0.05, 0) is 32.4 Å². The van der Waals surface area contributed by atoms with Crippen LogP contribution in [0.5, 0.6) is 5.88 Å². The maximum absolute atomic E-state index is 13.1. The smallest absolute Gasteiger partial charge is 0.218 e. The van der Waals surface area contributed by atoms with Gasteiger partial charge in [-0.25, -0.2) is 9.37 Å². The minimum atomic E-state index is -0.331. The molecule has 0 amide bonds. The topological polar surface area (TPSA) is 34.2 Å². The van der Waals surface area contributed by atoms with Gasteiger partial charge in [-0.2, -0.15) is 0 Å². The van der Waals surface area contributed by atoms with Crippen molar-refractivity contribution in [2.75, 3.05) is 6.54 Å². The first-order valence-corrected chi connectivity index (χ1v) is 6.00. The van der Waals surface area contributed by atoms with E-state index < -0.39 is 0 Å². The van der Waals surface area contributed by atoms with Crippen LogP contribution in [0.4, 0.5) is 4.39 Å². The molecule has 0 aliphatic rings. The monoisotopic (exact) mass is 240 g/mol. The molecular formula is C13H21FN2O. The third kappa shape index (κ3) is 5.13. The zero-order valence-corrected chi connectivity index (χ0v) is 11.0. The average molecular weight is 240 g/mol. The second-order valence-electron chi connectivity index (χ2n) is 4.81. The van der Waals surface area contributed by atoms with Crippen molar-refractivity contribution in [2.45, 2.75) is 40.3 Å². The predicted molar refractivity (Wildman–Crippen MR) is 66.5 cm³/mol. The molecule has 0 unspecified atom stereocenters. The molecule has 0 aromatic carbocycles. The maximum atomic E-state index is 13.1. The first-order valence-electron chi connectivity index (χ1n) is 6.00. The molecule has 1 N–H and O–H groups in total. The molecule has 0 aliphatic heterocycles. The summed E-state index contributed by atoms with van der Waals surface area (Å²) in [6.07, 6.45) is 1.22. The summed E-state index contributed by atoms with van der Waals surface area (Å²) in [4.78, 5) is 3.98. The van der Waals surface area contributed by atoms with Crippen molar-refractivity contribution in [3.8, 4) is 5.88 Å². The van der Waals surface area contributed by atoms with Gasteiger partial charge in [-0.3, -0.25) is 0 Å². The van der Waals surface area contributed by atoms with Gasteiger partial charge < -0.3 is 10.1 Å². The second kappa shape index (κ2) is 6.55. The van der Waals surface area contributed by atoms with Crippen molar-refractivity contribution < 1.29 is 9.13 Å². The lowest BCUT2D eigenvalue weighted by molar-refractivity contribution is 0.228. The normalized spacial score (nSPS) is 11.2. The fraction of sp³-hybridized carbons (Fsp3) is 0.615. The molecule has 0 atom stereocenters. The number of aromatic nitrogens is 1. The van der Waals surface area contributed by atoms with Crippen molar-refractivity contribution >= 4 is 0 Å². The molecule has 0 fully saturated rings. The number of rotatable bonds is 6. The molecule has 0 saturated heterocycles. The summed E-state index contributed by atoms with van der Waals surface area (Å²) in [5.41, 5.74) is 0.763. The summed E-state index contributed by atoms with van der Waals surface area (Å²) in [6, 6.07) is 1.47. The number of hydrogen-bond acceptors (Lipinski definition) is 3. The molecule has 96 valence electrons. The van der Waals surface area contributed by atoms with E-state index in [1.165, 1.54) is 12.3 Å². The molecule has 1 rings (SSSR count). The highest BCUT2D eigenvalue weighted by Crippen LogP contribution is 2.17. The van der Waals surface area contributed by atoms with Crippen LogP contribution in [-0.4, -0.2) is 17.6 Å². The Morgan fingerprint density at radius 3 is 2.65 bits per heavy atom. The molecule has 0 bridgehead atoms. The average Bonchev–Trinajstić information content (AvgIpc) is 2.21. The summed E-state index contributed by atoms with van der Waals surface area (Å²) >= 11 is 0. The molecule has 0 radical (unpaired) electrons.